The fraction of sp³-hybridized carbons (Fsp3) is 0.826. The molecular weight excluding hydrogens is 560 g/mol. The number of ether oxygens (including phenoxy) is 2. The molecule has 2 aliphatic heterocycles. The molecule has 2 saturated heterocycles. The first kappa shape index (κ1) is 31.8. The molecular formula is C23H40Br2N2O6. The summed E-state index contributed by atoms with van der Waals surface area (Å²) in [7, 11) is 0. The summed E-state index contributed by atoms with van der Waals surface area (Å²) in [5.74, 6) is 0.317. The Morgan fingerprint density at radius 2 is 1.27 bits per heavy atom. The van der Waals surface area contributed by atoms with Crippen molar-refractivity contribution in [2.75, 3.05) is 26.2 Å². The first-order chi connectivity index (χ1) is 14.6. The maximum absolute atomic E-state index is 11.8. The van der Waals surface area contributed by atoms with Crippen molar-refractivity contribution < 1.29 is 28.7 Å². The fourth-order valence-corrected chi connectivity index (χ4v) is 3.94. The van der Waals surface area contributed by atoms with E-state index in [9.17, 15) is 19.2 Å². The van der Waals surface area contributed by atoms with Crippen LogP contribution in [0.4, 0.5) is 9.59 Å². The molecule has 0 bridgehead atoms. The monoisotopic (exact) mass is 598 g/mol. The van der Waals surface area contributed by atoms with Crippen LogP contribution in [0.3, 0.4) is 0 Å². The smallest absolute Gasteiger partial charge is 0.410 e. The minimum atomic E-state index is -0.491. The minimum Gasteiger partial charge on any atom is -0.444 e. The van der Waals surface area contributed by atoms with Gasteiger partial charge in [-0.05, 0) is 54.4 Å². The molecule has 2 aliphatic rings. The molecule has 0 aromatic carbocycles. The second-order valence-electron chi connectivity index (χ2n) is 9.90. The summed E-state index contributed by atoms with van der Waals surface area (Å²) in [6, 6.07) is 0. The third kappa shape index (κ3) is 12.8. The molecule has 2 heterocycles. The van der Waals surface area contributed by atoms with E-state index in [1.165, 1.54) is 0 Å². The third-order valence-corrected chi connectivity index (χ3v) is 6.28. The van der Waals surface area contributed by atoms with Gasteiger partial charge in [0, 0.05) is 39.0 Å². The normalized spacial score (nSPS) is 22.2. The number of likely N-dealkylation sites (tertiary alicyclic amines) is 2. The van der Waals surface area contributed by atoms with Crippen LogP contribution in [0.5, 0.6) is 0 Å². The number of nitrogens with zero attached hydrogens (tertiary/aromatic N) is 2. The number of Topliss-reactive ketones (excluding diaryl/α,β-unsaturated/α-hetero) is 2. The van der Waals surface area contributed by atoms with Gasteiger partial charge >= 0.3 is 12.2 Å². The Morgan fingerprint density at radius 1 is 0.788 bits per heavy atom. The standard InChI is InChI=1S/2C11H18BrNO3.CH4/c1-11(2,3)16-10(15)13-6-4-8(12)9(14)5-7-13;1-11(2,3)16-10(15)13-6-4-5-9(14)8(12)7-13;/h2*8H,4-7H2,1-3H3;1H4. The molecule has 2 unspecified atom stereocenters. The second-order valence-corrected chi connectivity index (χ2v) is 12.1. The van der Waals surface area contributed by atoms with Gasteiger partial charge in [0.25, 0.3) is 0 Å². The van der Waals surface area contributed by atoms with Crippen molar-refractivity contribution in [2.24, 2.45) is 0 Å². The minimum absolute atomic E-state index is 0. The summed E-state index contributed by atoms with van der Waals surface area (Å²) in [6.45, 7) is 13.0. The lowest BCUT2D eigenvalue weighted by Crippen LogP contribution is -2.40. The number of amides is 2. The van der Waals surface area contributed by atoms with E-state index < -0.39 is 11.2 Å². The summed E-state index contributed by atoms with van der Waals surface area (Å²) < 4.78 is 10.5. The Bertz CT molecular complexity index is 685. The first-order valence-corrected chi connectivity index (χ1v) is 12.7. The molecule has 192 valence electrons. The van der Waals surface area contributed by atoms with Crippen LogP contribution in [-0.2, 0) is 19.1 Å². The van der Waals surface area contributed by atoms with E-state index >= 15 is 0 Å². The van der Waals surface area contributed by atoms with E-state index in [1.54, 1.807) is 9.80 Å². The van der Waals surface area contributed by atoms with E-state index in [1.807, 2.05) is 41.5 Å². The summed E-state index contributed by atoms with van der Waals surface area (Å²) in [5.41, 5.74) is -0.976. The van der Waals surface area contributed by atoms with Crippen molar-refractivity contribution >= 4 is 55.6 Å². The van der Waals surface area contributed by atoms with Crippen LogP contribution >= 0.6 is 31.9 Å². The highest BCUT2D eigenvalue weighted by molar-refractivity contribution is 9.10. The van der Waals surface area contributed by atoms with Crippen LogP contribution in [0.2, 0.25) is 0 Å². The van der Waals surface area contributed by atoms with Gasteiger partial charge in [0.1, 0.15) is 22.8 Å². The Hall–Kier alpha value is -1.16. The number of alkyl halides is 2. The fourth-order valence-electron chi connectivity index (χ4n) is 2.93. The van der Waals surface area contributed by atoms with Gasteiger partial charge < -0.3 is 19.3 Å². The summed E-state index contributed by atoms with van der Waals surface area (Å²) in [4.78, 5) is 49.2. The number of hydrogen-bond acceptors (Lipinski definition) is 6. The van der Waals surface area contributed by atoms with Gasteiger partial charge in [-0.2, -0.15) is 0 Å². The quantitative estimate of drug-likeness (QED) is 0.349. The molecule has 2 amide bonds. The van der Waals surface area contributed by atoms with Crippen molar-refractivity contribution in [3.63, 3.8) is 0 Å². The number of carbonyl (C=O) groups excluding carboxylic acids is 4. The molecule has 0 aliphatic carbocycles. The lowest BCUT2D eigenvalue weighted by molar-refractivity contribution is -0.119. The topological polar surface area (TPSA) is 93.2 Å². The molecule has 0 spiro atoms. The number of carbonyl (C=O) groups is 4. The Morgan fingerprint density at radius 3 is 1.79 bits per heavy atom. The lowest BCUT2D eigenvalue weighted by Gasteiger charge is -2.26. The van der Waals surface area contributed by atoms with Gasteiger partial charge in [0.05, 0.1) is 9.65 Å². The molecule has 10 heteroatoms. The molecule has 33 heavy (non-hydrogen) atoms. The van der Waals surface area contributed by atoms with Crippen LogP contribution in [0.25, 0.3) is 0 Å². The zero-order chi connectivity index (χ0) is 24.7. The summed E-state index contributed by atoms with van der Waals surface area (Å²) in [5, 5.41) is 0. The predicted octanol–water partition coefficient (Wildman–Crippen LogP) is 5.34. The molecule has 8 nitrogen and oxygen atoms in total. The van der Waals surface area contributed by atoms with Gasteiger partial charge in [0.2, 0.25) is 0 Å². The number of rotatable bonds is 0. The van der Waals surface area contributed by atoms with Crippen LogP contribution < -0.4 is 0 Å². The zero-order valence-corrected chi connectivity index (χ0v) is 23.1. The number of halogens is 2. The number of ketones is 2. The van der Waals surface area contributed by atoms with Gasteiger partial charge in [0.15, 0.2) is 0 Å². The van der Waals surface area contributed by atoms with E-state index in [2.05, 4.69) is 31.9 Å². The van der Waals surface area contributed by atoms with Crippen LogP contribution in [-0.4, -0.2) is 80.6 Å². The van der Waals surface area contributed by atoms with E-state index in [-0.39, 0.29) is 40.8 Å². The summed E-state index contributed by atoms with van der Waals surface area (Å²) in [6.07, 6.45) is 1.61. The average Bonchev–Trinajstić information content (AvgIpc) is 2.90. The lowest BCUT2D eigenvalue weighted by atomic mass is 10.2. The molecule has 0 saturated carbocycles. The summed E-state index contributed by atoms with van der Waals surface area (Å²) >= 11 is 6.61. The SMILES string of the molecule is C.CC(C)(C)OC(=O)N1CCC(=O)C(Br)CC1.CC(C)(C)OC(=O)N1CCCC(=O)C(Br)C1. The Balaban J connectivity index is 0.000000602. The van der Waals surface area contributed by atoms with Gasteiger partial charge in [-0.1, -0.05) is 39.3 Å². The zero-order valence-electron chi connectivity index (χ0n) is 19.9. The van der Waals surface area contributed by atoms with Gasteiger partial charge in [-0.3, -0.25) is 9.59 Å². The van der Waals surface area contributed by atoms with Crippen molar-refractivity contribution in [2.45, 2.75) is 95.5 Å². The van der Waals surface area contributed by atoms with Crippen LogP contribution in [0, 0.1) is 0 Å². The van der Waals surface area contributed by atoms with Gasteiger partial charge in [-0.25, -0.2) is 9.59 Å². The highest BCUT2D eigenvalue weighted by Crippen LogP contribution is 2.18. The molecule has 2 atom stereocenters. The number of hydrogen-bond donors (Lipinski definition) is 0. The molecule has 0 N–H and O–H groups in total. The van der Waals surface area contributed by atoms with Crippen LogP contribution in [0.15, 0.2) is 0 Å². The average molecular weight is 600 g/mol. The Kier molecular flexibility index (Phi) is 13.2. The molecule has 0 aromatic rings. The van der Waals surface area contributed by atoms with E-state index in [0.29, 0.717) is 51.9 Å². The predicted molar refractivity (Wildman–Crippen MR) is 136 cm³/mol. The first-order valence-electron chi connectivity index (χ1n) is 10.9. The largest absolute Gasteiger partial charge is 0.444 e. The molecule has 2 fully saturated rings. The van der Waals surface area contributed by atoms with Crippen LogP contribution in [0.1, 0.15) is 74.7 Å². The highest BCUT2D eigenvalue weighted by atomic mass is 79.9. The molecule has 0 aromatic heterocycles. The molecule has 2 rings (SSSR count). The van der Waals surface area contributed by atoms with E-state index in [4.69, 9.17) is 9.47 Å². The highest BCUT2D eigenvalue weighted by Gasteiger charge is 2.29. The maximum atomic E-state index is 11.8. The maximum Gasteiger partial charge on any atom is 0.410 e. The third-order valence-electron chi connectivity index (χ3n) is 4.51. The second kappa shape index (κ2) is 13.7. The van der Waals surface area contributed by atoms with Crippen molar-refractivity contribution in [1.29, 1.82) is 0 Å². The van der Waals surface area contributed by atoms with Gasteiger partial charge in [-0.15, -0.1) is 0 Å². The molecule has 0 radical (unpaired) electrons. The Labute approximate surface area is 215 Å². The van der Waals surface area contributed by atoms with Crippen molar-refractivity contribution in [3.05, 3.63) is 0 Å². The van der Waals surface area contributed by atoms with Crippen molar-refractivity contribution in [3.8, 4) is 0 Å². The van der Waals surface area contributed by atoms with Crippen molar-refractivity contribution in [1.82, 2.24) is 9.80 Å². The van der Waals surface area contributed by atoms with E-state index in [0.717, 1.165) is 0 Å².